The summed E-state index contributed by atoms with van der Waals surface area (Å²) in [6.45, 7) is 4.17. The van der Waals surface area contributed by atoms with Crippen LogP contribution >= 0.6 is 0 Å². The van der Waals surface area contributed by atoms with Gasteiger partial charge in [-0.15, -0.1) is 0 Å². The minimum absolute atomic E-state index is 0.0733. The van der Waals surface area contributed by atoms with Crippen molar-refractivity contribution in [3.63, 3.8) is 0 Å². The molecule has 2 nitrogen and oxygen atoms in total. The molecular formula is C19H19NO. The lowest BCUT2D eigenvalue weighted by Crippen LogP contribution is -2.29. The molecule has 0 fully saturated rings. The van der Waals surface area contributed by atoms with Crippen molar-refractivity contribution in [3.8, 4) is 0 Å². The van der Waals surface area contributed by atoms with Gasteiger partial charge in [0.15, 0.2) is 5.78 Å². The third-order valence-corrected chi connectivity index (χ3v) is 3.88. The highest BCUT2D eigenvalue weighted by atomic mass is 16.1. The van der Waals surface area contributed by atoms with Gasteiger partial charge in [-0.1, -0.05) is 42.0 Å². The molecule has 3 rings (SSSR count). The molecule has 2 aromatic rings. The van der Waals surface area contributed by atoms with Crippen molar-refractivity contribution in [2.45, 2.75) is 26.3 Å². The monoisotopic (exact) mass is 277 g/mol. The van der Waals surface area contributed by atoms with Gasteiger partial charge in [0.05, 0.1) is 6.04 Å². The fraction of sp³-hybridized carbons (Fsp3) is 0.211. The largest absolute Gasteiger partial charge is 0.340 e. The van der Waals surface area contributed by atoms with Gasteiger partial charge in [0.25, 0.3) is 0 Å². The first-order valence-corrected chi connectivity index (χ1v) is 7.26. The van der Waals surface area contributed by atoms with Crippen LogP contribution in [0, 0.1) is 13.8 Å². The Labute approximate surface area is 125 Å². The highest BCUT2D eigenvalue weighted by molar-refractivity contribution is 5.92. The second-order valence-corrected chi connectivity index (χ2v) is 5.66. The maximum Gasteiger partial charge on any atom is 0.159 e. The van der Waals surface area contributed by atoms with Gasteiger partial charge in [0.1, 0.15) is 0 Å². The normalized spacial score (nSPS) is 18.1. The molecule has 106 valence electrons. The topological polar surface area (TPSA) is 20.3 Å². The van der Waals surface area contributed by atoms with Crippen LogP contribution in [-0.2, 0) is 4.79 Å². The zero-order valence-electron chi connectivity index (χ0n) is 12.4. The Bertz CT molecular complexity index is 702. The number of rotatable bonds is 2. The molecule has 1 unspecified atom stereocenters. The van der Waals surface area contributed by atoms with Gasteiger partial charge in [0, 0.05) is 18.3 Å². The first-order chi connectivity index (χ1) is 10.1. The van der Waals surface area contributed by atoms with E-state index in [-0.39, 0.29) is 11.8 Å². The van der Waals surface area contributed by atoms with Crippen LogP contribution in [0.5, 0.6) is 0 Å². The van der Waals surface area contributed by atoms with Gasteiger partial charge >= 0.3 is 0 Å². The fourth-order valence-electron chi connectivity index (χ4n) is 2.83. The zero-order chi connectivity index (χ0) is 14.8. The van der Waals surface area contributed by atoms with Crippen LogP contribution in [0.1, 0.15) is 29.2 Å². The van der Waals surface area contributed by atoms with Gasteiger partial charge in [-0.3, -0.25) is 4.79 Å². The molecule has 0 N–H and O–H groups in total. The van der Waals surface area contributed by atoms with Gasteiger partial charge in [0.2, 0.25) is 0 Å². The van der Waals surface area contributed by atoms with Gasteiger partial charge < -0.3 is 4.90 Å². The van der Waals surface area contributed by atoms with E-state index in [1.54, 1.807) is 6.08 Å². The molecule has 0 aromatic heterocycles. The number of carbonyl (C=O) groups is 1. The summed E-state index contributed by atoms with van der Waals surface area (Å²) < 4.78 is 0. The van der Waals surface area contributed by atoms with E-state index in [1.165, 1.54) is 16.7 Å². The van der Waals surface area contributed by atoms with E-state index < -0.39 is 0 Å². The lowest BCUT2D eigenvalue weighted by Gasteiger charge is -2.33. The summed E-state index contributed by atoms with van der Waals surface area (Å²) in [4.78, 5) is 14.1. The maximum atomic E-state index is 11.9. The molecule has 2 aromatic carbocycles. The summed E-state index contributed by atoms with van der Waals surface area (Å²) in [5.74, 6) is 0.186. The Morgan fingerprint density at radius 1 is 1.00 bits per heavy atom. The van der Waals surface area contributed by atoms with E-state index in [2.05, 4.69) is 67.3 Å². The minimum atomic E-state index is 0.0733. The van der Waals surface area contributed by atoms with Crippen molar-refractivity contribution >= 4 is 11.5 Å². The molecule has 0 bridgehead atoms. The summed E-state index contributed by atoms with van der Waals surface area (Å²) >= 11 is 0. The molecule has 0 spiro atoms. The van der Waals surface area contributed by atoms with E-state index in [1.807, 2.05) is 6.20 Å². The molecular weight excluding hydrogens is 258 g/mol. The molecule has 1 atom stereocenters. The van der Waals surface area contributed by atoms with E-state index in [9.17, 15) is 4.79 Å². The quantitative estimate of drug-likeness (QED) is 0.814. The standard InChI is InChI=1S/C19H19NO/c1-14-5-3-7-16(11-14)19-13-18(21)9-10-20(19)17-8-4-6-15(2)12-17/h3-12,19H,13H2,1-2H3. The van der Waals surface area contributed by atoms with Crippen molar-refractivity contribution in [2.24, 2.45) is 0 Å². The van der Waals surface area contributed by atoms with E-state index >= 15 is 0 Å². The molecule has 0 aliphatic carbocycles. The van der Waals surface area contributed by atoms with Crippen LogP contribution in [0.15, 0.2) is 60.8 Å². The van der Waals surface area contributed by atoms with Gasteiger partial charge in [-0.2, -0.15) is 0 Å². The van der Waals surface area contributed by atoms with Crippen LogP contribution in [-0.4, -0.2) is 5.78 Å². The van der Waals surface area contributed by atoms with E-state index in [0.29, 0.717) is 6.42 Å². The number of hydrogen-bond donors (Lipinski definition) is 0. The molecule has 0 radical (unpaired) electrons. The Morgan fingerprint density at radius 3 is 2.43 bits per heavy atom. The molecule has 1 aliphatic rings. The summed E-state index contributed by atoms with van der Waals surface area (Å²) in [5, 5.41) is 0. The number of aryl methyl sites for hydroxylation is 2. The smallest absolute Gasteiger partial charge is 0.159 e. The third kappa shape index (κ3) is 2.89. The molecule has 2 heteroatoms. The van der Waals surface area contributed by atoms with E-state index in [0.717, 1.165) is 5.69 Å². The summed E-state index contributed by atoms with van der Waals surface area (Å²) in [5.41, 5.74) is 4.76. The van der Waals surface area contributed by atoms with Crippen molar-refractivity contribution in [3.05, 3.63) is 77.5 Å². The zero-order valence-corrected chi connectivity index (χ0v) is 12.4. The number of carbonyl (C=O) groups excluding carboxylic acids is 1. The summed E-state index contributed by atoms with van der Waals surface area (Å²) in [6.07, 6.45) is 4.11. The Morgan fingerprint density at radius 2 is 1.71 bits per heavy atom. The second kappa shape index (κ2) is 5.57. The van der Waals surface area contributed by atoms with Crippen LogP contribution < -0.4 is 4.90 Å². The van der Waals surface area contributed by atoms with Crippen LogP contribution in [0.2, 0.25) is 0 Å². The van der Waals surface area contributed by atoms with Gasteiger partial charge in [-0.25, -0.2) is 0 Å². The molecule has 0 saturated heterocycles. The fourth-order valence-corrected chi connectivity index (χ4v) is 2.83. The average Bonchev–Trinajstić information content (AvgIpc) is 2.47. The first-order valence-electron chi connectivity index (χ1n) is 7.26. The molecule has 0 saturated carbocycles. The predicted octanol–water partition coefficient (Wildman–Crippen LogP) is 4.34. The first kappa shape index (κ1) is 13.6. The predicted molar refractivity (Wildman–Crippen MR) is 86.3 cm³/mol. The van der Waals surface area contributed by atoms with Gasteiger partial charge in [-0.05, 0) is 43.2 Å². The SMILES string of the molecule is Cc1cccc(C2CC(=O)C=CN2c2cccc(C)c2)c1. The van der Waals surface area contributed by atoms with Crippen LogP contribution in [0.25, 0.3) is 0 Å². The Balaban J connectivity index is 2.03. The summed E-state index contributed by atoms with van der Waals surface area (Å²) in [7, 11) is 0. The highest BCUT2D eigenvalue weighted by Gasteiger charge is 2.25. The second-order valence-electron chi connectivity index (χ2n) is 5.66. The van der Waals surface area contributed by atoms with Crippen LogP contribution in [0.4, 0.5) is 5.69 Å². The van der Waals surface area contributed by atoms with Crippen molar-refractivity contribution in [1.29, 1.82) is 0 Å². The Kier molecular flexibility index (Phi) is 3.61. The average molecular weight is 277 g/mol. The lowest BCUT2D eigenvalue weighted by molar-refractivity contribution is -0.115. The van der Waals surface area contributed by atoms with Crippen molar-refractivity contribution < 1.29 is 4.79 Å². The molecule has 1 aliphatic heterocycles. The summed E-state index contributed by atoms with van der Waals surface area (Å²) in [6, 6.07) is 16.9. The molecule has 21 heavy (non-hydrogen) atoms. The molecule has 1 heterocycles. The van der Waals surface area contributed by atoms with Crippen LogP contribution in [0.3, 0.4) is 0 Å². The number of hydrogen-bond acceptors (Lipinski definition) is 2. The number of benzene rings is 2. The van der Waals surface area contributed by atoms with Crippen molar-refractivity contribution in [1.82, 2.24) is 0 Å². The number of anilines is 1. The Hall–Kier alpha value is -2.35. The third-order valence-electron chi connectivity index (χ3n) is 3.88. The number of allylic oxidation sites excluding steroid dienone is 1. The highest BCUT2D eigenvalue weighted by Crippen LogP contribution is 2.33. The number of ketones is 1. The number of nitrogens with zero attached hydrogens (tertiary/aromatic N) is 1. The van der Waals surface area contributed by atoms with Crippen molar-refractivity contribution in [2.75, 3.05) is 4.90 Å². The maximum absolute atomic E-state index is 11.9. The molecule has 0 amide bonds. The lowest BCUT2D eigenvalue weighted by atomic mass is 9.95. The minimum Gasteiger partial charge on any atom is -0.340 e. The van der Waals surface area contributed by atoms with E-state index in [4.69, 9.17) is 0 Å².